The van der Waals surface area contributed by atoms with E-state index in [0.717, 1.165) is 29.5 Å². The molecule has 0 N–H and O–H groups in total. The van der Waals surface area contributed by atoms with Crippen LogP contribution >= 0.6 is 0 Å². The summed E-state index contributed by atoms with van der Waals surface area (Å²) in [5.41, 5.74) is 4.04. The van der Waals surface area contributed by atoms with Gasteiger partial charge in [0.1, 0.15) is 11.5 Å². The molecule has 0 heterocycles. The van der Waals surface area contributed by atoms with Crippen molar-refractivity contribution in [1.29, 1.82) is 0 Å². The van der Waals surface area contributed by atoms with Gasteiger partial charge in [0.15, 0.2) is 0 Å². The predicted octanol–water partition coefficient (Wildman–Crippen LogP) is 3.55. The van der Waals surface area contributed by atoms with E-state index in [4.69, 9.17) is 9.47 Å². The van der Waals surface area contributed by atoms with Crippen molar-refractivity contribution in [2.24, 2.45) is 0 Å². The van der Waals surface area contributed by atoms with Crippen LogP contribution < -0.4 is 9.47 Å². The zero-order valence-electron chi connectivity index (χ0n) is 12.7. The maximum atomic E-state index is 10.7. The zero-order valence-corrected chi connectivity index (χ0v) is 12.7. The average Bonchev–Trinajstić information content (AvgIpc) is 2.56. The number of ether oxygens (including phenoxy) is 2. The number of carbonyl (C=O) groups excluding carboxylic acids is 2. The number of hydrogen-bond acceptors (Lipinski definition) is 4. The highest BCUT2D eigenvalue weighted by Gasteiger charge is 2.13. The molecule has 0 fully saturated rings. The van der Waals surface area contributed by atoms with Crippen LogP contribution in [-0.2, 0) is 22.4 Å². The lowest BCUT2D eigenvalue weighted by Crippen LogP contribution is -1.97. The molecule has 0 aliphatic carbocycles. The molecule has 0 spiro atoms. The minimum Gasteiger partial charge on any atom is -0.429 e. The zero-order chi connectivity index (χ0) is 15.9. The molecule has 22 heavy (non-hydrogen) atoms. The van der Waals surface area contributed by atoms with Gasteiger partial charge in [-0.1, -0.05) is 32.0 Å². The van der Waals surface area contributed by atoms with Crippen molar-refractivity contribution in [3.8, 4) is 22.6 Å². The second-order valence-corrected chi connectivity index (χ2v) is 4.78. The summed E-state index contributed by atoms with van der Waals surface area (Å²) in [7, 11) is 0. The number of carbonyl (C=O) groups is 2. The molecule has 0 aromatic heterocycles. The molecule has 0 atom stereocenters. The van der Waals surface area contributed by atoms with Gasteiger partial charge in [-0.3, -0.25) is 9.59 Å². The van der Waals surface area contributed by atoms with Crippen molar-refractivity contribution in [3.05, 3.63) is 47.5 Å². The highest BCUT2D eigenvalue weighted by molar-refractivity contribution is 5.77. The number of rotatable bonds is 7. The lowest BCUT2D eigenvalue weighted by molar-refractivity contribution is -0.121. The van der Waals surface area contributed by atoms with Crippen molar-refractivity contribution >= 4 is 12.9 Å². The lowest BCUT2D eigenvalue weighted by Gasteiger charge is -2.14. The SMILES string of the molecule is CCc1ccc(CC)c(-c2cc(OC=O)ccc2OC=O)c1. The Kier molecular flexibility index (Phi) is 5.31. The van der Waals surface area contributed by atoms with Crippen LogP contribution in [0, 0.1) is 0 Å². The third kappa shape index (κ3) is 3.34. The Hall–Kier alpha value is -2.62. The summed E-state index contributed by atoms with van der Waals surface area (Å²) in [5, 5.41) is 0. The Morgan fingerprint density at radius 3 is 2.27 bits per heavy atom. The van der Waals surface area contributed by atoms with Gasteiger partial charge in [-0.25, -0.2) is 0 Å². The monoisotopic (exact) mass is 298 g/mol. The van der Waals surface area contributed by atoms with Gasteiger partial charge in [-0.15, -0.1) is 0 Å². The van der Waals surface area contributed by atoms with E-state index in [1.165, 1.54) is 5.56 Å². The van der Waals surface area contributed by atoms with Crippen molar-refractivity contribution in [2.75, 3.05) is 0 Å². The average molecular weight is 298 g/mol. The smallest absolute Gasteiger partial charge is 0.298 e. The van der Waals surface area contributed by atoms with Crippen LogP contribution in [0.4, 0.5) is 0 Å². The second-order valence-electron chi connectivity index (χ2n) is 4.78. The quantitative estimate of drug-likeness (QED) is 0.734. The van der Waals surface area contributed by atoms with Gasteiger partial charge in [-0.05, 0) is 47.7 Å². The first-order valence-corrected chi connectivity index (χ1v) is 7.20. The van der Waals surface area contributed by atoms with E-state index >= 15 is 0 Å². The molecule has 0 saturated carbocycles. The number of benzene rings is 2. The summed E-state index contributed by atoms with van der Waals surface area (Å²) in [5.74, 6) is 0.850. The Balaban J connectivity index is 2.64. The van der Waals surface area contributed by atoms with Crippen molar-refractivity contribution < 1.29 is 19.1 Å². The minimum absolute atomic E-state index is 0.378. The summed E-state index contributed by atoms with van der Waals surface area (Å²) in [4.78, 5) is 21.3. The van der Waals surface area contributed by atoms with Crippen LogP contribution in [0.2, 0.25) is 0 Å². The number of aryl methyl sites for hydroxylation is 2. The predicted molar refractivity (Wildman–Crippen MR) is 84.0 cm³/mol. The second kappa shape index (κ2) is 7.41. The summed E-state index contributed by atoms with van der Waals surface area (Å²) in [6.07, 6.45) is 1.75. The van der Waals surface area contributed by atoms with Crippen molar-refractivity contribution in [1.82, 2.24) is 0 Å². The fourth-order valence-corrected chi connectivity index (χ4v) is 2.41. The molecule has 2 rings (SSSR count). The van der Waals surface area contributed by atoms with Gasteiger partial charge < -0.3 is 9.47 Å². The topological polar surface area (TPSA) is 52.6 Å². The van der Waals surface area contributed by atoms with Gasteiger partial charge in [-0.2, -0.15) is 0 Å². The van der Waals surface area contributed by atoms with Crippen LogP contribution in [0.3, 0.4) is 0 Å². The van der Waals surface area contributed by atoms with Crippen LogP contribution in [-0.4, -0.2) is 12.9 Å². The number of hydrogen-bond donors (Lipinski definition) is 0. The molecule has 0 unspecified atom stereocenters. The third-order valence-electron chi connectivity index (χ3n) is 3.56. The summed E-state index contributed by atoms with van der Waals surface area (Å²) < 4.78 is 9.98. The highest BCUT2D eigenvalue weighted by atomic mass is 16.5. The Morgan fingerprint density at radius 1 is 0.864 bits per heavy atom. The molecule has 0 amide bonds. The highest BCUT2D eigenvalue weighted by Crippen LogP contribution is 2.36. The van der Waals surface area contributed by atoms with E-state index in [9.17, 15) is 9.59 Å². The molecular formula is C18H18O4. The maximum Gasteiger partial charge on any atom is 0.298 e. The summed E-state index contributed by atoms with van der Waals surface area (Å²) >= 11 is 0. The lowest BCUT2D eigenvalue weighted by atomic mass is 9.94. The van der Waals surface area contributed by atoms with Crippen LogP contribution in [0.1, 0.15) is 25.0 Å². The normalized spacial score (nSPS) is 10.1. The summed E-state index contributed by atoms with van der Waals surface area (Å²) in [6, 6.07) is 11.2. The fourth-order valence-electron chi connectivity index (χ4n) is 2.41. The van der Waals surface area contributed by atoms with E-state index in [-0.39, 0.29) is 0 Å². The molecule has 2 aromatic rings. The van der Waals surface area contributed by atoms with E-state index in [1.54, 1.807) is 18.2 Å². The van der Waals surface area contributed by atoms with Crippen molar-refractivity contribution in [2.45, 2.75) is 26.7 Å². The third-order valence-corrected chi connectivity index (χ3v) is 3.56. The van der Waals surface area contributed by atoms with E-state index in [0.29, 0.717) is 24.4 Å². The fraction of sp³-hybridized carbons (Fsp3) is 0.222. The first-order valence-electron chi connectivity index (χ1n) is 7.20. The van der Waals surface area contributed by atoms with Gasteiger partial charge in [0.2, 0.25) is 0 Å². The maximum absolute atomic E-state index is 10.7. The van der Waals surface area contributed by atoms with Gasteiger partial charge in [0.05, 0.1) is 0 Å². The Morgan fingerprint density at radius 2 is 1.64 bits per heavy atom. The van der Waals surface area contributed by atoms with Crippen LogP contribution in [0.25, 0.3) is 11.1 Å². The standard InChI is InChI=1S/C18H18O4/c1-3-13-5-6-14(4-2)16(9-13)17-10-15(21-11-19)7-8-18(17)22-12-20/h5-12H,3-4H2,1-2H3. The van der Waals surface area contributed by atoms with E-state index in [1.807, 2.05) is 0 Å². The molecule has 2 aromatic carbocycles. The molecule has 4 heteroatoms. The minimum atomic E-state index is 0.378. The van der Waals surface area contributed by atoms with E-state index in [2.05, 4.69) is 32.0 Å². The molecule has 114 valence electrons. The van der Waals surface area contributed by atoms with Gasteiger partial charge >= 0.3 is 0 Å². The molecule has 0 saturated heterocycles. The van der Waals surface area contributed by atoms with Crippen molar-refractivity contribution in [3.63, 3.8) is 0 Å². The molecular weight excluding hydrogens is 280 g/mol. The first-order chi connectivity index (χ1) is 10.7. The summed E-state index contributed by atoms with van der Waals surface area (Å²) in [6.45, 7) is 4.92. The first kappa shape index (κ1) is 15.8. The molecule has 0 aliphatic rings. The molecule has 0 radical (unpaired) electrons. The molecule has 0 bridgehead atoms. The van der Waals surface area contributed by atoms with Gasteiger partial charge in [0, 0.05) is 5.56 Å². The molecule has 0 aliphatic heterocycles. The van der Waals surface area contributed by atoms with E-state index < -0.39 is 0 Å². The molecule has 4 nitrogen and oxygen atoms in total. The Bertz CT molecular complexity index is 677. The van der Waals surface area contributed by atoms with Gasteiger partial charge in [0.25, 0.3) is 12.9 Å². The van der Waals surface area contributed by atoms with Crippen LogP contribution in [0.5, 0.6) is 11.5 Å². The van der Waals surface area contributed by atoms with Crippen LogP contribution in [0.15, 0.2) is 36.4 Å². The largest absolute Gasteiger partial charge is 0.429 e. The Labute approximate surface area is 129 Å².